The van der Waals surface area contributed by atoms with Crippen LogP contribution < -0.4 is 9.47 Å². The van der Waals surface area contributed by atoms with Crippen molar-refractivity contribution in [1.82, 2.24) is 0 Å². The Morgan fingerprint density at radius 3 is 2.67 bits per heavy atom. The van der Waals surface area contributed by atoms with Crippen LogP contribution in [0, 0.1) is 0 Å². The standard InChI is InChI=1S/C12H15ClO5/c1-16-10-6-8(7-14)5-9(13)12(10)18-4-3-11(15)17-2/h5-6,14H,3-4,7H2,1-2H3. The summed E-state index contributed by atoms with van der Waals surface area (Å²) >= 11 is 6.01. The molecule has 1 rings (SSSR count). The van der Waals surface area contributed by atoms with E-state index in [-0.39, 0.29) is 25.6 Å². The summed E-state index contributed by atoms with van der Waals surface area (Å²) in [6, 6.07) is 3.21. The van der Waals surface area contributed by atoms with Crippen molar-refractivity contribution in [3.63, 3.8) is 0 Å². The number of ether oxygens (including phenoxy) is 3. The topological polar surface area (TPSA) is 65.0 Å². The molecule has 0 aliphatic carbocycles. The summed E-state index contributed by atoms with van der Waals surface area (Å²) in [7, 11) is 2.78. The van der Waals surface area contributed by atoms with Crippen LogP contribution in [-0.2, 0) is 16.1 Å². The molecule has 0 amide bonds. The predicted molar refractivity (Wildman–Crippen MR) is 66.1 cm³/mol. The SMILES string of the molecule is COC(=O)CCOc1c(Cl)cc(CO)cc1OC. The highest BCUT2D eigenvalue weighted by atomic mass is 35.5. The van der Waals surface area contributed by atoms with Gasteiger partial charge in [0.05, 0.1) is 38.9 Å². The van der Waals surface area contributed by atoms with Crippen molar-refractivity contribution in [3.8, 4) is 11.5 Å². The number of aliphatic hydroxyl groups excluding tert-OH is 1. The van der Waals surface area contributed by atoms with E-state index in [0.717, 1.165) is 0 Å². The molecule has 0 aliphatic rings. The van der Waals surface area contributed by atoms with Gasteiger partial charge in [-0.1, -0.05) is 11.6 Å². The van der Waals surface area contributed by atoms with Gasteiger partial charge in [-0.3, -0.25) is 4.79 Å². The molecule has 0 saturated heterocycles. The van der Waals surface area contributed by atoms with Gasteiger partial charge in [-0.15, -0.1) is 0 Å². The van der Waals surface area contributed by atoms with Gasteiger partial charge in [0.25, 0.3) is 0 Å². The maximum atomic E-state index is 10.9. The molecule has 0 atom stereocenters. The van der Waals surface area contributed by atoms with Gasteiger partial charge in [-0.05, 0) is 17.7 Å². The molecular formula is C12H15ClO5. The lowest BCUT2D eigenvalue weighted by molar-refractivity contribution is -0.141. The van der Waals surface area contributed by atoms with E-state index in [4.69, 9.17) is 26.2 Å². The maximum Gasteiger partial charge on any atom is 0.308 e. The van der Waals surface area contributed by atoms with E-state index in [1.165, 1.54) is 14.2 Å². The molecule has 0 aliphatic heterocycles. The Bertz CT molecular complexity index is 419. The smallest absolute Gasteiger partial charge is 0.308 e. The predicted octanol–water partition coefficient (Wildman–Crippen LogP) is 1.78. The number of hydrogen-bond acceptors (Lipinski definition) is 5. The normalized spacial score (nSPS) is 10.0. The maximum absolute atomic E-state index is 10.9. The minimum absolute atomic E-state index is 0.123. The van der Waals surface area contributed by atoms with Gasteiger partial charge in [0.1, 0.15) is 0 Å². The number of rotatable bonds is 6. The quantitative estimate of drug-likeness (QED) is 0.801. The molecule has 0 unspecified atom stereocenters. The summed E-state index contributed by atoms with van der Waals surface area (Å²) in [5.41, 5.74) is 0.622. The van der Waals surface area contributed by atoms with Crippen molar-refractivity contribution < 1.29 is 24.1 Å². The highest BCUT2D eigenvalue weighted by Crippen LogP contribution is 2.36. The molecule has 6 heteroatoms. The first kappa shape index (κ1) is 14.6. The third-order valence-electron chi connectivity index (χ3n) is 2.25. The number of carbonyl (C=O) groups excluding carboxylic acids is 1. The number of benzene rings is 1. The molecular weight excluding hydrogens is 260 g/mol. The molecule has 0 heterocycles. The fourth-order valence-electron chi connectivity index (χ4n) is 1.34. The molecule has 0 fully saturated rings. The van der Waals surface area contributed by atoms with Gasteiger partial charge in [-0.2, -0.15) is 0 Å². The van der Waals surface area contributed by atoms with Crippen LogP contribution in [0.15, 0.2) is 12.1 Å². The third kappa shape index (κ3) is 3.78. The highest BCUT2D eigenvalue weighted by molar-refractivity contribution is 6.32. The molecule has 0 saturated carbocycles. The molecule has 1 N–H and O–H groups in total. The van der Waals surface area contributed by atoms with Gasteiger partial charge in [0.2, 0.25) is 0 Å². The van der Waals surface area contributed by atoms with Crippen molar-refractivity contribution in [2.45, 2.75) is 13.0 Å². The number of hydrogen-bond donors (Lipinski definition) is 1. The number of esters is 1. The van der Waals surface area contributed by atoms with E-state index in [9.17, 15) is 4.79 Å². The Morgan fingerprint density at radius 2 is 2.11 bits per heavy atom. The second kappa shape index (κ2) is 7.08. The monoisotopic (exact) mass is 274 g/mol. The summed E-state index contributed by atoms with van der Waals surface area (Å²) in [6.45, 7) is -0.000252. The molecule has 18 heavy (non-hydrogen) atoms. The summed E-state index contributed by atoms with van der Waals surface area (Å²) < 4.78 is 15.0. The average Bonchev–Trinajstić information content (AvgIpc) is 2.39. The van der Waals surface area contributed by atoms with E-state index >= 15 is 0 Å². The van der Waals surface area contributed by atoms with E-state index in [1.807, 2.05) is 0 Å². The van der Waals surface area contributed by atoms with Crippen molar-refractivity contribution in [3.05, 3.63) is 22.7 Å². The third-order valence-corrected chi connectivity index (χ3v) is 2.53. The van der Waals surface area contributed by atoms with E-state index in [2.05, 4.69) is 4.74 Å². The zero-order chi connectivity index (χ0) is 13.5. The highest BCUT2D eigenvalue weighted by Gasteiger charge is 2.12. The second-order valence-corrected chi connectivity index (χ2v) is 3.85. The molecule has 0 aromatic heterocycles. The summed E-state index contributed by atoms with van der Waals surface area (Å²) in [6.07, 6.45) is 0.123. The first-order valence-electron chi connectivity index (χ1n) is 5.29. The van der Waals surface area contributed by atoms with E-state index in [0.29, 0.717) is 22.1 Å². The molecule has 0 bridgehead atoms. The van der Waals surface area contributed by atoms with Crippen molar-refractivity contribution in [2.75, 3.05) is 20.8 Å². The van der Waals surface area contributed by atoms with Crippen LogP contribution in [0.1, 0.15) is 12.0 Å². The lowest BCUT2D eigenvalue weighted by atomic mass is 10.2. The van der Waals surface area contributed by atoms with Crippen molar-refractivity contribution >= 4 is 17.6 Å². The van der Waals surface area contributed by atoms with E-state index < -0.39 is 0 Å². The van der Waals surface area contributed by atoms with E-state index in [1.54, 1.807) is 12.1 Å². The minimum atomic E-state index is -0.364. The summed E-state index contributed by atoms with van der Waals surface area (Å²) in [5.74, 6) is 0.397. The fraction of sp³-hybridized carbons (Fsp3) is 0.417. The Hall–Kier alpha value is -1.46. The van der Waals surface area contributed by atoms with Gasteiger partial charge < -0.3 is 19.3 Å². The van der Waals surface area contributed by atoms with Crippen LogP contribution in [0.5, 0.6) is 11.5 Å². The number of halogens is 1. The zero-order valence-electron chi connectivity index (χ0n) is 10.2. The summed E-state index contributed by atoms with van der Waals surface area (Å²) in [4.78, 5) is 10.9. The number of aliphatic hydroxyl groups is 1. The van der Waals surface area contributed by atoms with Gasteiger partial charge in [-0.25, -0.2) is 0 Å². The molecule has 100 valence electrons. The van der Waals surface area contributed by atoms with Gasteiger partial charge in [0, 0.05) is 0 Å². The Morgan fingerprint density at radius 1 is 1.39 bits per heavy atom. The Kier molecular flexibility index (Phi) is 5.74. The minimum Gasteiger partial charge on any atom is -0.493 e. The van der Waals surface area contributed by atoms with Crippen LogP contribution in [0.2, 0.25) is 5.02 Å². The molecule has 5 nitrogen and oxygen atoms in total. The van der Waals surface area contributed by atoms with Crippen LogP contribution in [-0.4, -0.2) is 31.9 Å². The first-order chi connectivity index (χ1) is 8.62. The number of carbonyl (C=O) groups is 1. The number of methoxy groups -OCH3 is 2. The van der Waals surface area contributed by atoms with Crippen molar-refractivity contribution in [2.24, 2.45) is 0 Å². The molecule has 1 aromatic carbocycles. The lowest BCUT2D eigenvalue weighted by Crippen LogP contribution is -2.08. The first-order valence-corrected chi connectivity index (χ1v) is 5.67. The van der Waals surface area contributed by atoms with Crippen LogP contribution in [0.25, 0.3) is 0 Å². The molecule has 0 spiro atoms. The largest absolute Gasteiger partial charge is 0.493 e. The fourth-order valence-corrected chi connectivity index (χ4v) is 1.63. The molecule has 1 aromatic rings. The average molecular weight is 275 g/mol. The summed E-state index contributed by atoms with van der Waals surface area (Å²) in [5, 5.41) is 9.36. The second-order valence-electron chi connectivity index (χ2n) is 3.44. The van der Waals surface area contributed by atoms with Gasteiger partial charge in [0.15, 0.2) is 11.5 Å². The Balaban J connectivity index is 2.78. The van der Waals surface area contributed by atoms with Crippen LogP contribution in [0.4, 0.5) is 0 Å². The lowest BCUT2D eigenvalue weighted by Gasteiger charge is -2.13. The van der Waals surface area contributed by atoms with Crippen LogP contribution in [0.3, 0.4) is 0 Å². The van der Waals surface area contributed by atoms with Crippen LogP contribution >= 0.6 is 11.6 Å². The van der Waals surface area contributed by atoms with Crippen molar-refractivity contribution in [1.29, 1.82) is 0 Å². The Labute approximate surface area is 110 Å². The molecule has 0 radical (unpaired) electrons. The van der Waals surface area contributed by atoms with Gasteiger partial charge >= 0.3 is 5.97 Å². The zero-order valence-corrected chi connectivity index (χ0v) is 11.0.